The van der Waals surface area contributed by atoms with Crippen molar-refractivity contribution >= 4 is 11.9 Å². The minimum absolute atomic E-state index is 0.376. The summed E-state index contributed by atoms with van der Waals surface area (Å²) in [6, 6.07) is 0. The normalized spacial score (nSPS) is 15.2. The van der Waals surface area contributed by atoms with Crippen LogP contribution in [-0.2, 0) is 9.59 Å². The Morgan fingerprint density at radius 2 is 1.93 bits per heavy atom. The molecule has 1 atom stereocenters. The summed E-state index contributed by atoms with van der Waals surface area (Å²) >= 11 is 0. The van der Waals surface area contributed by atoms with E-state index in [4.69, 9.17) is 5.11 Å². The first-order valence-corrected chi connectivity index (χ1v) is 3.87. The van der Waals surface area contributed by atoms with Gasteiger partial charge in [-0.2, -0.15) is 13.2 Å². The van der Waals surface area contributed by atoms with E-state index in [0.717, 1.165) is 6.08 Å². The van der Waals surface area contributed by atoms with Gasteiger partial charge in [-0.15, -0.1) is 6.58 Å². The van der Waals surface area contributed by atoms with Gasteiger partial charge in [-0.1, -0.05) is 6.08 Å². The van der Waals surface area contributed by atoms with Gasteiger partial charge in [-0.25, -0.2) is 4.79 Å². The maximum absolute atomic E-state index is 12.3. The van der Waals surface area contributed by atoms with Gasteiger partial charge in [-0.3, -0.25) is 4.79 Å². The van der Waals surface area contributed by atoms with E-state index >= 15 is 0 Å². The fourth-order valence-corrected chi connectivity index (χ4v) is 0.707. The Morgan fingerprint density at radius 3 is 2.20 bits per heavy atom. The summed E-state index contributed by atoms with van der Waals surface area (Å²) in [5.41, 5.74) is -3.27. The molecule has 0 aromatic carbocycles. The zero-order valence-corrected chi connectivity index (χ0v) is 7.89. The predicted octanol–water partition coefficient (Wildman–Crippen LogP) is 1.08. The molecule has 0 fully saturated rings. The summed E-state index contributed by atoms with van der Waals surface area (Å²) in [4.78, 5) is 21.3. The Bertz CT molecular complexity index is 287. The molecule has 0 radical (unpaired) electrons. The Balaban J connectivity index is 4.91. The number of amides is 1. The number of halogens is 3. The summed E-state index contributed by atoms with van der Waals surface area (Å²) < 4.78 is 37.0. The first-order valence-electron chi connectivity index (χ1n) is 3.87. The lowest BCUT2D eigenvalue weighted by atomic mass is 10.0. The SMILES string of the molecule is C=CCC(=O)NC(C)(C(=O)O)C(F)(F)F. The zero-order valence-electron chi connectivity index (χ0n) is 7.89. The number of hydrogen-bond donors (Lipinski definition) is 2. The number of carbonyl (C=O) groups is 2. The van der Waals surface area contributed by atoms with Crippen molar-refractivity contribution in [3.63, 3.8) is 0 Å². The van der Waals surface area contributed by atoms with Gasteiger partial charge in [-0.05, 0) is 6.92 Å². The molecule has 0 bridgehead atoms. The highest BCUT2D eigenvalue weighted by atomic mass is 19.4. The molecule has 0 aliphatic rings. The molecule has 86 valence electrons. The number of carbonyl (C=O) groups excluding carboxylic acids is 1. The van der Waals surface area contributed by atoms with Gasteiger partial charge in [0.1, 0.15) is 0 Å². The summed E-state index contributed by atoms with van der Waals surface area (Å²) in [7, 11) is 0. The Kier molecular flexibility index (Phi) is 3.89. The molecule has 0 aromatic heterocycles. The lowest BCUT2D eigenvalue weighted by Crippen LogP contribution is -2.61. The third kappa shape index (κ3) is 2.97. The molecule has 2 N–H and O–H groups in total. The van der Waals surface area contributed by atoms with Crippen molar-refractivity contribution in [1.82, 2.24) is 5.32 Å². The van der Waals surface area contributed by atoms with Crippen molar-refractivity contribution in [2.45, 2.75) is 25.1 Å². The number of hydrogen-bond acceptors (Lipinski definition) is 2. The zero-order chi connectivity index (χ0) is 12.3. The van der Waals surface area contributed by atoms with E-state index in [1.807, 2.05) is 0 Å². The molecule has 0 saturated heterocycles. The molecule has 0 rings (SSSR count). The Hall–Kier alpha value is -1.53. The van der Waals surface area contributed by atoms with Gasteiger partial charge in [0, 0.05) is 6.42 Å². The number of nitrogens with one attached hydrogen (secondary N) is 1. The molecule has 0 saturated carbocycles. The molecule has 7 heteroatoms. The van der Waals surface area contributed by atoms with Crippen LogP contribution in [-0.4, -0.2) is 28.7 Å². The monoisotopic (exact) mass is 225 g/mol. The van der Waals surface area contributed by atoms with Crippen molar-refractivity contribution in [2.75, 3.05) is 0 Å². The van der Waals surface area contributed by atoms with Crippen molar-refractivity contribution in [3.8, 4) is 0 Å². The van der Waals surface area contributed by atoms with Crippen LogP contribution in [0.4, 0.5) is 13.2 Å². The summed E-state index contributed by atoms with van der Waals surface area (Å²) in [5.74, 6) is -3.21. The maximum atomic E-state index is 12.3. The third-order valence-electron chi connectivity index (χ3n) is 1.71. The first kappa shape index (κ1) is 13.5. The van der Waals surface area contributed by atoms with E-state index < -0.39 is 23.6 Å². The first-order chi connectivity index (χ1) is 6.65. The maximum Gasteiger partial charge on any atom is 0.422 e. The van der Waals surface area contributed by atoms with Gasteiger partial charge in [0.05, 0.1) is 0 Å². The molecule has 0 aliphatic heterocycles. The minimum atomic E-state index is -5.06. The molecule has 0 spiro atoms. The van der Waals surface area contributed by atoms with Crippen LogP contribution < -0.4 is 5.32 Å². The molecular formula is C8H10F3NO3. The molecule has 4 nitrogen and oxygen atoms in total. The number of aliphatic carboxylic acids is 1. The van der Waals surface area contributed by atoms with Crippen molar-refractivity contribution in [1.29, 1.82) is 0 Å². The van der Waals surface area contributed by atoms with Gasteiger partial charge in [0.25, 0.3) is 0 Å². The van der Waals surface area contributed by atoms with Gasteiger partial charge >= 0.3 is 12.1 Å². The van der Waals surface area contributed by atoms with Crippen LogP contribution in [0.3, 0.4) is 0 Å². The summed E-state index contributed by atoms with van der Waals surface area (Å²) in [6.07, 6.45) is -4.36. The van der Waals surface area contributed by atoms with Crippen LogP contribution in [0.25, 0.3) is 0 Å². The summed E-state index contributed by atoms with van der Waals surface area (Å²) in [6.45, 7) is 3.53. The predicted molar refractivity (Wildman–Crippen MR) is 45.1 cm³/mol. The van der Waals surface area contributed by atoms with Crippen molar-refractivity contribution in [2.24, 2.45) is 0 Å². The average molecular weight is 225 g/mol. The second-order valence-corrected chi connectivity index (χ2v) is 2.97. The number of carboxylic acid groups (broad SMARTS) is 1. The van der Waals surface area contributed by atoms with E-state index in [0.29, 0.717) is 6.92 Å². The number of carboxylic acids is 1. The average Bonchev–Trinajstić information content (AvgIpc) is 2.01. The topological polar surface area (TPSA) is 66.4 Å². The smallest absolute Gasteiger partial charge is 0.422 e. The highest BCUT2D eigenvalue weighted by Crippen LogP contribution is 2.30. The van der Waals surface area contributed by atoms with Crippen molar-refractivity contribution in [3.05, 3.63) is 12.7 Å². The molecule has 1 unspecified atom stereocenters. The highest BCUT2D eigenvalue weighted by molar-refractivity contribution is 5.87. The lowest BCUT2D eigenvalue weighted by molar-refractivity contribution is -0.206. The van der Waals surface area contributed by atoms with E-state index in [1.54, 1.807) is 0 Å². The summed E-state index contributed by atoms with van der Waals surface area (Å²) in [5, 5.41) is 9.82. The largest absolute Gasteiger partial charge is 0.479 e. The molecule has 15 heavy (non-hydrogen) atoms. The van der Waals surface area contributed by atoms with E-state index in [1.165, 1.54) is 5.32 Å². The molecule has 0 aliphatic carbocycles. The Morgan fingerprint density at radius 1 is 1.47 bits per heavy atom. The highest BCUT2D eigenvalue weighted by Gasteiger charge is 2.58. The Labute approximate surface area is 83.8 Å². The molecule has 0 aromatic rings. The quantitative estimate of drug-likeness (QED) is 0.703. The van der Waals surface area contributed by atoms with Crippen LogP contribution in [0.1, 0.15) is 13.3 Å². The van der Waals surface area contributed by atoms with Gasteiger partial charge < -0.3 is 10.4 Å². The fraction of sp³-hybridized carbons (Fsp3) is 0.500. The van der Waals surface area contributed by atoms with Gasteiger partial charge in [0.15, 0.2) is 0 Å². The van der Waals surface area contributed by atoms with Crippen LogP contribution >= 0.6 is 0 Å². The molecular weight excluding hydrogens is 215 g/mol. The van der Waals surface area contributed by atoms with Crippen LogP contribution in [0.5, 0.6) is 0 Å². The fourth-order valence-electron chi connectivity index (χ4n) is 0.707. The van der Waals surface area contributed by atoms with E-state index in [2.05, 4.69) is 6.58 Å². The van der Waals surface area contributed by atoms with Crippen LogP contribution in [0.2, 0.25) is 0 Å². The van der Waals surface area contributed by atoms with E-state index in [-0.39, 0.29) is 6.42 Å². The molecule has 0 heterocycles. The standard InChI is InChI=1S/C8H10F3NO3/c1-3-4-5(13)12-7(2,6(14)15)8(9,10)11/h3H,1,4H2,2H3,(H,12,13)(H,14,15). The minimum Gasteiger partial charge on any atom is -0.479 e. The molecule has 1 amide bonds. The van der Waals surface area contributed by atoms with Crippen LogP contribution in [0.15, 0.2) is 12.7 Å². The number of rotatable bonds is 4. The third-order valence-corrected chi connectivity index (χ3v) is 1.71. The second kappa shape index (κ2) is 4.33. The number of alkyl halides is 3. The second-order valence-electron chi connectivity index (χ2n) is 2.97. The van der Waals surface area contributed by atoms with Crippen LogP contribution in [0, 0.1) is 0 Å². The van der Waals surface area contributed by atoms with Crippen molar-refractivity contribution < 1.29 is 27.9 Å². The lowest BCUT2D eigenvalue weighted by Gasteiger charge is -2.28. The van der Waals surface area contributed by atoms with Gasteiger partial charge in [0.2, 0.25) is 11.4 Å². The van der Waals surface area contributed by atoms with E-state index in [9.17, 15) is 22.8 Å².